The van der Waals surface area contributed by atoms with Crippen LogP contribution in [0, 0.1) is 22.7 Å². The molecule has 9 aromatic carbocycles. The maximum Gasteiger partial charge on any atom is 0.417 e. The Morgan fingerprint density at radius 1 is 0.439 bits per heavy atom. The fraction of sp³-hybridized carbons (Fsp3) is 0.0175. The van der Waals surface area contributed by atoms with Crippen molar-refractivity contribution >= 4 is 87.5 Å². The first-order valence-electron chi connectivity index (χ1n) is 21.3. The van der Waals surface area contributed by atoms with Crippen molar-refractivity contribution in [2.24, 2.45) is 0 Å². The van der Waals surface area contributed by atoms with Crippen molar-refractivity contribution in [3.63, 3.8) is 0 Å². The van der Waals surface area contributed by atoms with E-state index < -0.39 is 11.7 Å². The Morgan fingerprint density at radius 2 is 1.00 bits per heavy atom. The van der Waals surface area contributed by atoms with Gasteiger partial charge in [0.05, 0.1) is 73.0 Å². The third kappa shape index (κ3) is 5.23. The number of halogens is 3. The van der Waals surface area contributed by atoms with Gasteiger partial charge in [-0.25, -0.2) is 0 Å². The number of furan rings is 2. The van der Waals surface area contributed by atoms with E-state index in [1.165, 1.54) is 12.1 Å². The summed E-state index contributed by atoms with van der Waals surface area (Å²) in [5.41, 5.74) is 8.03. The SMILES string of the molecule is N#Cc1ccc(-c2ccc(-n3c4ccccc4c4c5oc6ccccc6c5ccc43)c(-c3c(C#N)cccc3-n3c4ccccc4c4c5oc6ccccc6c5ccc43)c2)c(C(F)(F)F)c1. The molecular formula is C57H29F3N4O2. The highest BCUT2D eigenvalue weighted by Crippen LogP contribution is 2.48. The smallest absolute Gasteiger partial charge is 0.417 e. The summed E-state index contributed by atoms with van der Waals surface area (Å²) in [6.07, 6.45) is -4.77. The fourth-order valence-electron chi connectivity index (χ4n) is 10.3. The van der Waals surface area contributed by atoms with Gasteiger partial charge in [0.1, 0.15) is 22.3 Å². The van der Waals surface area contributed by atoms with Crippen LogP contribution in [0.4, 0.5) is 13.2 Å². The lowest BCUT2D eigenvalue weighted by Gasteiger charge is -2.21. The number of aromatic nitrogens is 2. The molecule has 66 heavy (non-hydrogen) atoms. The Morgan fingerprint density at radius 3 is 1.58 bits per heavy atom. The maximum absolute atomic E-state index is 15.0. The van der Waals surface area contributed by atoms with Gasteiger partial charge in [0.15, 0.2) is 0 Å². The van der Waals surface area contributed by atoms with Gasteiger partial charge in [-0.15, -0.1) is 0 Å². The second kappa shape index (κ2) is 13.7. The molecule has 0 saturated heterocycles. The van der Waals surface area contributed by atoms with E-state index in [9.17, 15) is 23.7 Å². The first-order chi connectivity index (χ1) is 32.3. The molecule has 0 aliphatic heterocycles. The van der Waals surface area contributed by atoms with Gasteiger partial charge in [0, 0.05) is 43.4 Å². The predicted molar refractivity (Wildman–Crippen MR) is 255 cm³/mol. The number of nitrogens with zero attached hydrogens (tertiary/aromatic N) is 4. The van der Waals surface area contributed by atoms with Crippen LogP contribution in [-0.2, 0) is 6.18 Å². The summed E-state index contributed by atoms with van der Waals surface area (Å²) in [6.45, 7) is 0. The number of para-hydroxylation sites is 4. The summed E-state index contributed by atoms with van der Waals surface area (Å²) in [5.74, 6) is 0. The van der Waals surface area contributed by atoms with Gasteiger partial charge in [-0.2, -0.15) is 23.7 Å². The van der Waals surface area contributed by atoms with Crippen molar-refractivity contribution in [1.29, 1.82) is 10.5 Å². The molecule has 0 N–H and O–H groups in total. The lowest BCUT2D eigenvalue weighted by molar-refractivity contribution is -0.137. The molecule has 13 aromatic rings. The molecule has 0 saturated carbocycles. The van der Waals surface area contributed by atoms with Gasteiger partial charge in [0.2, 0.25) is 0 Å². The Kier molecular flexibility index (Phi) is 7.80. The maximum atomic E-state index is 15.0. The minimum atomic E-state index is -4.77. The van der Waals surface area contributed by atoms with Crippen LogP contribution in [0.3, 0.4) is 0 Å². The fourth-order valence-corrected chi connectivity index (χ4v) is 10.3. The molecule has 6 nitrogen and oxygen atoms in total. The van der Waals surface area contributed by atoms with Crippen LogP contribution in [0.5, 0.6) is 0 Å². The molecule has 4 aromatic heterocycles. The van der Waals surface area contributed by atoms with Crippen molar-refractivity contribution in [2.45, 2.75) is 6.18 Å². The number of alkyl halides is 3. The van der Waals surface area contributed by atoms with Crippen LogP contribution in [0.15, 0.2) is 185 Å². The molecule has 4 heterocycles. The quantitative estimate of drug-likeness (QED) is 0.176. The molecule has 0 fully saturated rings. The largest absolute Gasteiger partial charge is 0.455 e. The van der Waals surface area contributed by atoms with E-state index in [0.717, 1.165) is 93.6 Å². The van der Waals surface area contributed by atoms with Gasteiger partial charge < -0.3 is 18.0 Å². The molecule has 0 radical (unpaired) electrons. The Bertz CT molecular complexity index is 4320. The van der Waals surface area contributed by atoms with Crippen LogP contribution in [0.1, 0.15) is 16.7 Å². The second-order valence-electron chi connectivity index (χ2n) is 16.5. The van der Waals surface area contributed by atoms with Crippen molar-refractivity contribution in [1.82, 2.24) is 9.13 Å². The molecule has 0 aliphatic carbocycles. The number of hydrogen-bond acceptors (Lipinski definition) is 4. The Labute approximate surface area is 372 Å². The minimum absolute atomic E-state index is 0.0966. The first-order valence-corrected chi connectivity index (χ1v) is 21.3. The number of rotatable bonds is 4. The highest BCUT2D eigenvalue weighted by Gasteiger charge is 2.35. The van der Waals surface area contributed by atoms with E-state index in [-0.39, 0.29) is 16.7 Å². The molecule has 0 aliphatic rings. The van der Waals surface area contributed by atoms with Crippen molar-refractivity contribution in [2.75, 3.05) is 0 Å². The highest BCUT2D eigenvalue weighted by atomic mass is 19.4. The van der Waals surface area contributed by atoms with Gasteiger partial charge in [0.25, 0.3) is 0 Å². The van der Waals surface area contributed by atoms with E-state index in [1.807, 2.05) is 121 Å². The van der Waals surface area contributed by atoms with E-state index in [4.69, 9.17) is 8.83 Å². The molecule has 0 unspecified atom stereocenters. The van der Waals surface area contributed by atoms with E-state index in [1.54, 1.807) is 18.2 Å². The lowest BCUT2D eigenvalue weighted by Crippen LogP contribution is -2.08. The number of benzene rings is 9. The number of hydrogen-bond donors (Lipinski definition) is 0. The monoisotopic (exact) mass is 858 g/mol. The summed E-state index contributed by atoms with van der Waals surface area (Å²) in [5, 5.41) is 28.3. The topological polar surface area (TPSA) is 83.7 Å². The first kappa shape index (κ1) is 37.5. The zero-order valence-electron chi connectivity index (χ0n) is 34.5. The van der Waals surface area contributed by atoms with Gasteiger partial charge in [-0.05, 0) is 96.1 Å². The van der Waals surface area contributed by atoms with Crippen molar-refractivity contribution in [3.05, 3.63) is 193 Å². The van der Waals surface area contributed by atoms with Gasteiger partial charge in [-0.1, -0.05) is 91.0 Å². The average molecular weight is 859 g/mol. The summed E-state index contributed by atoms with van der Waals surface area (Å²) in [6, 6.07) is 58.9. The molecule has 9 heteroatoms. The van der Waals surface area contributed by atoms with E-state index >= 15 is 0 Å². The van der Waals surface area contributed by atoms with Crippen LogP contribution in [0.25, 0.3) is 121 Å². The van der Waals surface area contributed by atoms with Gasteiger partial charge in [-0.3, -0.25) is 0 Å². The standard InChI is InChI=1S/C57H29F3N4O2/c58-57(59,60)43-28-32(30-61)20-22-35(43)33-21-25-46(63-44-15-5-1-13-40(44)53-48(63)26-23-38-36-11-3-7-18-50(36)65-55(38)53)42(29-33)52-34(31-62)10-9-17-47(52)64-45-16-6-2-14-41(45)54-49(64)27-24-39-37-12-4-8-19-51(37)66-56(39)54/h1-29H. The van der Waals surface area contributed by atoms with Crippen molar-refractivity contribution < 1.29 is 22.0 Å². The number of nitriles is 2. The lowest BCUT2D eigenvalue weighted by atomic mass is 9.90. The molecule has 0 atom stereocenters. The summed E-state index contributed by atoms with van der Waals surface area (Å²) in [7, 11) is 0. The molecule has 0 spiro atoms. The molecule has 310 valence electrons. The minimum Gasteiger partial charge on any atom is -0.455 e. The highest BCUT2D eigenvalue weighted by molar-refractivity contribution is 6.25. The third-order valence-corrected chi connectivity index (χ3v) is 13.0. The summed E-state index contributed by atoms with van der Waals surface area (Å²) in [4.78, 5) is 0. The Hall–Kier alpha value is -9.05. The van der Waals surface area contributed by atoms with E-state index in [2.05, 4.69) is 39.5 Å². The molecule has 0 bridgehead atoms. The van der Waals surface area contributed by atoms with Crippen LogP contribution < -0.4 is 0 Å². The van der Waals surface area contributed by atoms with Crippen molar-refractivity contribution in [3.8, 4) is 45.8 Å². The van der Waals surface area contributed by atoms with Crippen LogP contribution in [-0.4, -0.2) is 9.13 Å². The molecule has 13 rings (SSSR count). The Balaban J connectivity index is 1.18. The zero-order valence-corrected chi connectivity index (χ0v) is 34.5. The van der Waals surface area contributed by atoms with E-state index in [0.29, 0.717) is 28.1 Å². The van der Waals surface area contributed by atoms with Gasteiger partial charge >= 0.3 is 6.18 Å². The molecular weight excluding hydrogens is 830 g/mol. The predicted octanol–water partition coefficient (Wildman–Crippen LogP) is 15.8. The molecule has 0 amide bonds. The normalized spacial score (nSPS) is 12.1. The zero-order chi connectivity index (χ0) is 44.4. The second-order valence-corrected chi connectivity index (χ2v) is 16.5. The summed E-state index contributed by atoms with van der Waals surface area (Å²) < 4.78 is 62.5. The summed E-state index contributed by atoms with van der Waals surface area (Å²) >= 11 is 0. The average Bonchev–Trinajstić information content (AvgIpc) is 4.10. The third-order valence-electron chi connectivity index (χ3n) is 13.0. The number of fused-ring (bicyclic) bond motifs is 14. The van der Waals surface area contributed by atoms with Crippen LogP contribution >= 0.6 is 0 Å². The van der Waals surface area contributed by atoms with Crippen LogP contribution in [0.2, 0.25) is 0 Å².